The van der Waals surface area contributed by atoms with E-state index in [1.807, 2.05) is 0 Å². The molecule has 4 nitrogen and oxygen atoms in total. The number of guanidine groups is 1. The molecule has 1 fully saturated rings. The number of hydrogen-bond donors (Lipinski definition) is 1. The van der Waals surface area contributed by atoms with Crippen LogP contribution in [0.4, 0.5) is 4.39 Å². The molecule has 2 rings (SSSR count). The Morgan fingerprint density at radius 1 is 1.42 bits per heavy atom. The molecule has 1 saturated heterocycles. The highest BCUT2D eigenvalue weighted by Crippen LogP contribution is 2.19. The molecule has 136 valence electrons. The van der Waals surface area contributed by atoms with Crippen LogP contribution < -0.4 is 5.32 Å². The Balaban J connectivity index is 0.00000288. The van der Waals surface area contributed by atoms with Crippen molar-refractivity contribution in [3.8, 4) is 0 Å². The average molecular weight is 449 g/mol. The third kappa shape index (κ3) is 6.20. The van der Waals surface area contributed by atoms with Crippen molar-refractivity contribution in [1.82, 2.24) is 10.2 Å². The molecule has 1 aromatic rings. The first-order valence-corrected chi connectivity index (χ1v) is 8.45. The summed E-state index contributed by atoms with van der Waals surface area (Å²) in [6.07, 6.45) is 2.33. The number of hydrogen-bond acceptors (Lipinski definition) is 2. The summed E-state index contributed by atoms with van der Waals surface area (Å²) in [5, 5.41) is 3.37. The van der Waals surface area contributed by atoms with Crippen molar-refractivity contribution < 1.29 is 9.13 Å². The smallest absolute Gasteiger partial charge is 0.194 e. The average Bonchev–Trinajstić information content (AvgIpc) is 2.56. The number of benzene rings is 1. The van der Waals surface area contributed by atoms with Gasteiger partial charge in [0.25, 0.3) is 0 Å². The fourth-order valence-corrected chi connectivity index (χ4v) is 2.97. The minimum absolute atomic E-state index is 0. The zero-order valence-electron chi connectivity index (χ0n) is 14.8. The molecule has 1 aromatic carbocycles. The number of piperidine rings is 1. The molecule has 1 aliphatic heterocycles. The van der Waals surface area contributed by atoms with E-state index in [0.29, 0.717) is 12.5 Å². The van der Waals surface area contributed by atoms with Gasteiger partial charge in [0.2, 0.25) is 0 Å². The fourth-order valence-electron chi connectivity index (χ4n) is 2.97. The third-order valence-corrected chi connectivity index (χ3v) is 4.22. The first-order chi connectivity index (χ1) is 11.1. The lowest BCUT2D eigenvalue weighted by atomic mass is 10.0. The predicted octanol–water partition coefficient (Wildman–Crippen LogP) is 3.83. The molecule has 0 aromatic heterocycles. The first kappa shape index (κ1) is 21.2. The lowest BCUT2D eigenvalue weighted by Gasteiger charge is -2.33. The van der Waals surface area contributed by atoms with E-state index in [-0.39, 0.29) is 35.9 Å². The maximum Gasteiger partial charge on any atom is 0.194 e. The summed E-state index contributed by atoms with van der Waals surface area (Å²) in [6, 6.07) is 6.44. The molecular weight excluding hydrogens is 420 g/mol. The van der Waals surface area contributed by atoms with Crippen molar-refractivity contribution in [3.63, 3.8) is 0 Å². The van der Waals surface area contributed by atoms with E-state index in [1.165, 1.54) is 25.0 Å². The van der Waals surface area contributed by atoms with Crippen LogP contribution >= 0.6 is 24.0 Å². The molecular formula is C18H29FIN3O. The van der Waals surface area contributed by atoms with E-state index >= 15 is 0 Å². The quantitative estimate of drug-likeness (QED) is 0.422. The van der Waals surface area contributed by atoms with Crippen LogP contribution in [-0.2, 0) is 4.74 Å². The molecule has 24 heavy (non-hydrogen) atoms. The summed E-state index contributed by atoms with van der Waals surface area (Å²) in [5.41, 5.74) is 0.945. The van der Waals surface area contributed by atoms with Crippen molar-refractivity contribution in [2.24, 2.45) is 10.9 Å². The molecule has 1 N–H and O–H groups in total. The van der Waals surface area contributed by atoms with Gasteiger partial charge in [0.15, 0.2) is 5.96 Å². The van der Waals surface area contributed by atoms with Crippen LogP contribution in [0.1, 0.15) is 38.4 Å². The van der Waals surface area contributed by atoms with Gasteiger partial charge in [-0.25, -0.2) is 4.39 Å². The maximum absolute atomic E-state index is 13.1. The summed E-state index contributed by atoms with van der Waals surface area (Å²) in [6.45, 7) is 7.82. The molecule has 2 atom stereocenters. The van der Waals surface area contributed by atoms with E-state index in [4.69, 9.17) is 9.73 Å². The second kappa shape index (κ2) is 10.9. The molecule has 0 spiro atoms. The van der Waals surface area contributed by atoms with Crippen molar-refractivity contribution in [1.29, 1.82) is 0 Å². The highest BCUT2D eigenvalue weighted by molar-refractivity contribution is 14.0. The highest BCUT2D eigenvalue weighted by Gasteiger charge is 2.20. The van der Waals surface area contributed by atoms with Gasteiger partial charge in [-0.1, -0.05) is 19.1 Å². The van der Waals surface area contributed by atoms with Gasteiger partial charge < -0.3 is 15.0 Å². The van der Waals surface area contributed by atoms with Gasteiger partial charge in [0.05, 0.1) is 6.54 Å². The molecule has 1 aliphatic rings. The normalized spacial score (nSPS) is 19.6. The second-order valence-corrected chi connectivity index (χ2v) is 6.16. The van der Waals surface area contributed by atoms with Crippen LogP contribution in [0.5, 0.6) is 0 Å². The summed E-state index contributed by atoms with van der Waals surface area (Å²) in [5.74, 6) is 1.41. The maximum atomic E-state index is 13.1. The number of rotatable bonds is 5. The number of nitrogens with one attached hydrogen (secondary N) is 1. The van der Waals surface area contributed by atoms with Gasteiger partial charge in [-0.05, 0) is 43.4 Å². The molecule has 0 amide bonds. The summed E-state index contributed by atoms with van der Waals surface area (Å²) >= 11 is 0. The van der Waals surface area contributed by atoms with E-state index < -0.39 is 0 Å². The Kier molecular flexibility index (Phi) is 9.58. The molecule has 0 saturated carbocycles. The number of likely N-dealkylation sites (tertiary alicyclic amines) is 1. The van der Waals surface area contributed by atoms with E-state index in [9.17, 15) is 4.39 Å². The zero-order chi connectivity index (χ0) is 16.7. The van der Waals surface area contributed by atoms with Crippen LogP contribution in [0.3, 0.4) is 0 Å². The second-order valence-electron chi connectivity index (χ2n) is 6.16. The van der Waals surface area contributed by atoms with Gasteiger partial charge in [-0.3, -0.25) is 4.99 Å². The molecule has 0 aliphatic carbocycles. The SMILES string of the molecule is CCNC(=NCC(OC)c1ccc(F)cc1)N1CCCC(C)C1.I. The highest BCUT2D eigenvalue weighted by atomic mass is 127. The topological polar surface area (TPSA) is 36.9 Å². The predicted molar refractivity (Wildman–Crippen MR) is 108 cm³/mol. The Hall–Kier alpha value is -0.890. The first-order valence-electron chi connectivity index (χ1n) is 8.45. The molecule has 0 radical (unpaired) electrons. The van der Waals surface area contributed by atoms with E-state index in [0.717, 1.165) is 31.2 Å². The fraction of sp³-hybridized carbons (Fsp3) is 0.611. The van der Waals surface area contributed by atoms with Crippen LogP contribution in [0.15, 0.2) is 29.3 Å². The summed E-state index contributed by atoms with van der Waals surface area (Å²) in [4.78, 5) is 7.08. The van der Waals surface area contributed by atoms with Gasteiger partial charge in [0, 0.05) is 26.7 Å². The number of halogens is 2. The van der Waals surface area contributed by atoms with Crippen molar-refractivity contribution in [2.75, 3.05) is 33.3 Å². The zero-order valence-corrected chi connectivity index (χ0v) is 17.1. The largest absolute Gasteiger partial charge is 0.375 e. The van der Waals surface area contributed by atoms with Crippen molar-refractivity contribution >= 4 is 29.9 Å². The van der Waals surface area contributed by atoms with Crippen molar-refractivity contribution in [2.45, 2.75) is 32.8 Å². The third-order valence-electron chi connectivity index (χ3n) is 4.22. The monoisotopic (exact) mass is 449 g/mol. The lowest BCUT2D eigenvalue weighted by molar-refractivity contribution is 0.110. The number of aliphatic imine (C=N–C) groups is 1. The Bertz CT molecular complexity index is 509. The number of methoxy groups -OCH3 is 1. The summed E-state index contributed by atoms with van der Waals surface area (Å²) in [7, 11) is 1.67. The van der Waals surface area contributed by atoms with E-state index in [1.54, 1.807) is 19.2 Å². The Morgan fingerprint density at radius 3 is 2.71 bits per heavy atom. The van der Waals surface area contributed by atoms with Crippen LogP contribution in [-0.4, -0.2) is 44.1 Å². The van der Waals surface area contributed by atoms with Gasteiger partial charge in [0.1, 0.15) is 11.9 Å². The van der Waals surface area contributed by atoms with Crippen molar-refractivity contribution in [3.05, 3.63) is 35.6 Å². The standard InChI is InChI=1S/C18H28FN3O.HI/c1-4-20-18(22-11-5-6-14(2)13-22)21-12-17(23-3)15-7-9-16(19)10-8-15;/h7-10,14,17H,4-6,11-13H2,1-3H3,(H,20,21);1H. The number of nitrogens with zero attached hydrogens (tertiary/aromatic N) is 2. The van der Waals surface area contributed by atoms with Crippen LogP contribution in [0.25, 0.3) is 0 Å². The number of ether oxygens (including phenoxy) is 1. The minimum Gasteiger partial charge on any atom is -0.375 e. The Morgan fingerprint density at radius 2 is 2.12 bits per heavy atom. The van der Waals surface area contributed by atoms with Gasteiger partial charge in [-0.2, -0.15) is 0 Å². The minimum atomic E-state index is -0.234. The van der Waals surface area contributed by atoms with Gasteiger partial charge in [-0.15, -0.1) is 24.0 Å². The van der Waals surface area contributed by atoms with Gasteiger partial charge >= 0.3 is 0 Å². The summed E-state index contributed by atoms with van der Waals surface area (Å²) < 4.78 is 18.6. The van der Waals surface area contributed by atoms with Crippen LogP contribution in [0.2, 0.25) is 0 Å². The lowest BCUT2D eigenvalue weighted by Crippen LogP contribution is -2.46. The molecule has 1 heterocycles. The molecule has 6 heteroatoms. The molecule has 2 unspecified atom stereocenters. The van der Waals surface area contributed by atoms with Crippen LogP contribution in [0, 0.1) is 11.7 Å². The van der Waals surface area contributed by atoms with E-state index in [2.05, 4.69) is 24.1 Å². The Labute approximate surface area is 161 Å². The molecule has 0 bridgehead atoms.